The largest absolute Gasteiger partial charge is 0.506 e. The average Bonchev–Trinajstić information content (AvgIpc) is 3.40. The first-order valence-corrected chi connectivity index (χ1v) is 6.34. The van der Waals surface area contributed by atoms with E-state index in [9.17, 15) is 9.90 Å². The Morgan fingerprint density at radius 3 is 3.10 bits per heavy atom. The fraction of sp³-hybridized carbons (Fsp3) is 0.267. The fourth-order valence-electron chi connectivity index (χ4n) is 2.31. The van der Waals surface area contributed by atoms with Crippen molar-refractivity contribution in [2.45, 2.75) is 25.7 Å². The highest BCUT2D eigenvalue weighted by Gasteiger charge is 2.38. The second-order valence-corrected chi connectivity index (χ2v) is 4.87. The van der Waals surface area contributed by atoms with E-state index in [1.54, 1.807) is 0 Å². The summed E-state index contributed by atoms with van der Waals surface area (Å²) in [5.74, 6) is -1.94. The molecule has 4 rings (SSSR count). The molecule has 6 nitrogen and oxygen atoms in total. The monoisotopic (exact) mass is 289 g/mol. The van der Waals surface area contributed by atoms with Gasteiger partial charge in [-0.3, -0.25) is 4.79 Å². The molecule has 2 aromatic heterocycles. The zero-order valence-electron chi connectivity index (χ0n) is 17.7. The molecule has 21 heavy (non-hydrogen) atoms. The van der Waals surface area contributed by atoms with Crippen molar-refractivity contribution in [3.05, 3.63) is 35.6 Å². The second-order valence-electron chi connectivity index (χ2n) is 4.87. The quantitative estimate of drug-likeness (QED) is 0.842. The number of anilines is 3. The molecule has 106 valence electrons. The Balaban J connectivity index is 2.10. The number of hydrogen-bond donors (Lipinski definition) is 2. The van der Waals surface area contributed by atoms with E-state index >= 15 is 0 Å². The number of aromatic nitrogens is 2. The molecule has 0 saturated heterocycles. The van der Waals surface area contributed by atoms with Gasteiger partial charge in [-0.1, -0.05) is 0 Å². The number of fused-ring (bicyclic) bond motifs is 2. The molecular weight excluding hydrogens is 268 g/mol. The summed E-state index contributed by atoms with van der Waals surface area (Å²) in [7, 11) is 0. The summed E-state index contributed by atoms with van der Waals surface area (Å²) >= 11 is 0. The van der Waals surface area contributed by atoms with Crippen molar-refractivity contribution in [3.8, 4) is 5.75 Å². The highest BCUT2D eigenvalue weighted by atomic mass is 16.3. The fourth-order valence-corrected chi connectivity index (χ4v) is 2.31. The zero-order valence-corrected chi connectivity index (χ0v) is 10.7. The highest BCUT2D eigenvalue weighted by Crippen LogP contribution is 2.45. The van der Waals surface area contributed by atoms with Gasteiger partial charge in [-0.25, -0.2) is 9.97 Å². The lowest BCUT2D eigenvalue weighted by Crippen LogP contribution is -2.22. The summed E-state index contributed by atoms with van der Waals surface area (Å²) in [5, 5.41) is 12.5. The third kappa shape index (κ3) is 1.75. The Hall–Kier alpha value is -2.63. The van der Waals surface area contributed by atoms with Crippen molar-refractivity contribution in [1.29, 1.82) is 0 Å². The first-order chi connectivity index (χ1) is 13.0. The first-order valence-electron chi connectivity index (χ1n) is 9.84. The molecule has 3 heterocycles. The maximum absolute atomic E-state index is 12.8. The van der Waals surface area contributed by atoms with Crippen molar-refractivity contribution in [3.63, 3.8) is 0 Å². The summed E-state index contributed by atoms with van der Waals surface area (Å²) < 4.78 is 54.8. The van der Waals surface area contributed by atoms with Crippen LogP contribution in [0.25, 0.3) is 0 Å². The number of carbonyl (C=O) groups is 1. The number of nitrogens with zero attached hydrogens (tertiary/aromatic N) is 3. The van der Waals surface area contributed by atoms with E-state index in [4.69, 9.17) is 9.60 Å². The van der Waals surface area contributed by atoms with Crippen LogP contribution in [-0.2, 0) is 0 Å². The minimum Gasteiger partial charge on any atom is -0.506 e. The smallest absolute Gasteiger partial charge is 0.259 e. The van der Waals surface area contributed by atoms with Gasteiger partial charge in [-0.15, -0.1) is 0 Å². The number of aromatic hydroxyl groups is 1. The molecule has 1 saturated carbocycles. The molecule has 2 aromatic rings. The highest BCUT2D eigenvalue weighted by molar-refractivity contribution is 6.12. The van der Waals surface area contributed by atoms with Crippen LogP contribution in [-0.4, -0.2) is 27.0 Å². The Kier molecular flexibility index (Phi) is 1.37. The van der Waals surface area contributed by atoms with Gasteiger partial charge in [0.1, 0.15) is 11.6 Å². The van der Waals surface area contributed by atoms with E-state index in [1.165, 1.54) is 4.90 Å². The van der Waals surface area contributed by atoms with Gasteiger partial charge in [0.05, 0.1) is 22.9 Å². The van der Waals surface area contributed by atoms with Crippen LogP contribution in [0, 0.1) is 6.85 Å². The van der Waals surface area contributed by atoms with Gasteiger partial charge in [0.25, 0.3) is 5.91 Å². The van der Waals surface area contributed by atoms with Crippen LogP contribution >= 0.6 is 0 Å². The van der Waals surface area contributed by atoms with Gasteiger partial charge in [-0.05, 0) is 31.8 Å². The standard InChI is InChI=1S/C15H14N4O2/c1-8-11(20)7-17-14-12(8)18-15(21)10-3-2-6-16-13(10)19(14)9-4-5-9/h2-3,6-7,9,20H,4-5H2,1H3,(H,18,21)/i1D3,2D,3D,6D,7D. The van der Waals surface area contributed by atoms with Gasteiger partial charge in [-0.2, -0.15) is 0 Å². The number of nitrogens with one attached hydrogen (secondary N) is 1. The number of pyridine rings is 2. The third-order valence-electron chi connectivity index (χ3n) is 3.44. The molecule has 1 amide bonds. The second kappa shape index (κ2) is 4.18. The number of carbonyl (C=O) groups excluding carboxylic acids is 1. The van der Waals surface area contributed by atoms with E-state index in [0.717, 1.165) is 0 Å². The number of hydrogen-bond acceptors (Lipinski definition) is 5. The van der Waals surface area contributed by atoms with Gasteiger partial charge in [0, 0.05) is 21.9 Å². The van der Waals surface area contributed by atoms with E-state index in [0.29, 0.717) is 12.8 Å². The average molecular weight is 289 g/mol. The summed E-state index contributed by atoms with van der Waals surface area (Å²) in [6.45, 7) is -2.86. The Morgan fingerprint density at radius 2 is 2.33 bits per heavy atom. The molecule has 0 radical (unpaired) electrons. The van der Waals surface area contributed by atoms with Crippen molar-refractivity contribution < 1.29 is 19.5 Å². The molecule has 1 aliphatic heterocycles. The predicted octanol–water partition coefficient (Wildman–Crippen LogP) is 2.36. The lowest BCUT2D eigenvalue weighted by Gasteiger charge is -2.23. The predicted molar refractivity (Wildman–Crippen MR) is 78.0 cm³/mol. The van der Waals surface area contributed by atoms with E-state index in [2.05, 4.69) is 15.3 Å². The molecule has 2 N–H and O–H groups in total. The lowest BCUT2D eigenvalue weighted by atomic mass is 10.2. The molecular formula is C15H14N4O2. The van der Waals surface area contributed by atoms with Gasteiger partial charge in [0.2, 0.25) is 0 Å². The van der Waals surface area contributed by atoms with Crippen molar-refractivity contribution in [2.24, 2.45) is 0 Å². The van der Waals surface area contributed by atoms with Crippen LogP contribution in [0.3, 0.4) is 0 Å². The maximum atomic E-state index is 12.8. The number of rotatable bonds is 1. The van der Waals surface area contributed by atoms with Crippen molar-refractivity contribution in [1.82, 2.24) is 9.97 Å². The SMILES string of the molecule is [2H]c1nc2c(c([2H])c1[2H])C(=O)Nc1c(nc([2H])c(O)c1C([2H])([2H])[2H])N2C1CC1. The molecule has 1 fully saturated rings. The van der Waals surface area contributed by atoms with Gasteiger partial charge >= 0.3 is 0 Å². The molecule has 1 aliphatic carbocycles. The Morgan fingerprint density at radius 1 is 1.48 bits per heavy atom. The molecule has 0 unspecified atom stereocenters. The minimum absolute atomic E-state index is 0.0844. The maximum Gasteiger partial charge on any atom is 0.259 e. The van der Waals surface area contributed by atoms with Crippen LogP contribution in [0.2, 0.25) is 0 Å². The summed E-state index contributed by atoms with van der Waals surface area (Å²) in [4.78, 5) is 22.2. The first kappa shape index (κ1) is 6.89. The van der Waals surface area contributed by atoms with Gasteiger partial charge in [0.15, 0.2) is 5.82 Å². The molecule has 0 bridgehead atoms. The van der Waals surface area contributed by atoms with Crippen LogP contribution in [0.1, 0.15) is 38.4 Å². The minimum atomic E-state index is -2.86. The van der Waals surface area contributed by atoms with Crippen molar-refractivity contribution in [2.75, 3.05) is 10.2 Å². The van der Waals surface area contributed by atoms with Crippen LogP contribution in [0.15, 0.2) is 24.4 Å². The van der Waals surface area contributed by atoms with E-state index in [-0.39, 0.29) is 28.9 Å². The summed E-state index contributed by atoms with van der Waals surface area (Å²) in [6, 6.07) is -1.28. The van der Waals surface area contributed by atoms with Gasteiger partial charge < -0.3 is 15.3 Å². The lowest BCUT2D eigenvalue weighted by molar-refractivity contribution is 0.102. The van der Waals surface area contributed by atoms with Crippen molar-refractivity contribution >= 4 is 23.2 Å². The zero-order chi connectivity index (χ0) is 20.5. The topological polar surface area (TPSA) is 78.3 Å². The molecule has 2 aliphatic rings. The molecule has 0 spiro atoms. The molecule has 0 atom stereocenters. The van der Waals surface area contributed by atoms with E-state index in [1.807, 2.05) is 0 Å². The van der Waals surface area contributed by atoms with Crippen LogP contribution in [0.5, 0.6) is 5.75 Å². The van der Waals surface area contributed by atoms with Crippen LogP contribution in [0.4, 0.5) is 17.3 Å². The molecule has 0 aromatic carbocycles. The number of amides is 1. The Bertz CT molecular complexity index is 1040. The summed E-state index contributed by atoms with van der Waals surface area (Å²) in [6.07, 6.45) is 0.141. The third-order valence-corrected chi connectivity index (χ3v) is 3.44. The van der Waals surface area contributed by atoms with Crippen LogP contribution < -0.4 is 10.2 Å². The van der Waals surface area contributed by atoms with E-state index < -0.39 is 48.5 Å². The Labute approximate surface area is 131 Å². The normalized spacial score (nSPS) is 22.2. The summed E-state index contributed by atoms with van der Waals surface area (Å²) in [5.41, 5.74) is -1.20. The molecule has 6 heteroatoms.